The van der Waals surface area contributed by atoms with E-state index in [0.717, 1.165) is 24.2 Å². The molecule has 146 valence electrons. The highest BCUT2D eigenvalue weighted by Gasteiger charge is 2.12. The van der Waals surface area contributed by atoms with Crippen molar-refractivity contribution >= 4 is 18.1 Å². The number of carbonyl (C=O) groups excluding carboxylic acids is 1. The summed E-state index contributed by atoms with van der Waals surface area (Å²) in [6.45, 7) is 4.59. The third kappa shape index (κ3) is 5.39. The molecule has 0 aliphatic carbocycles. The number of nitrogens with one attached hydrogen (secondary N) is 2. The summed E-state index contributed by atoms with van der Waals surface area (Å²) in [6.07, 6.45) is 2.23. The van der Waals surface area contributed by atoms with Gasteiger partial charge in [0.1, 0.15) is 0 Å². The summed E-state index contributed by atoms with van der Waals surface area (Å²) >= 11 is 5.35. The SMILES string of the molecule is Cc1ccc(-c2n[nH]c(=S)n2CCC(=O)NC(C)CCc2ccccc2)cc1. The fraction of sp³-hybridized carbons (Fsp3) is 0.318. The van der Waals surface area contributed by atoms with E-state index in [1.54, 1.807) is 0 Å². The largest absolute Gasteiger partial charge is 0.354 e. The highest BCUT2D eigenvalue weighted by molar-refractivity contribution is 7.71. The van der Waals surface area contributed by atoms with Gasteiger partial charge in [-0.3, -0.25) is 14.5 Å². The van der Waals surface area contributed by atoms with Crippen LogP contribution >= 0.6 is 12.2 Å². The van der Waals surface area contributed by atoms with Gasteiger partial charge >= 0.3 is 0 Å². The van der Waals surface area contributed by atoms with Crippen LogP contribution in [0.5, 0.6) is 0 Å². The first kappa shape index (κ1) is 20.0. The Morgan fingerprint density at radius 2 is 1.89 bits per heavy atom. The Morgan fingerprint density at radius 1 is 1.18 bits per heavy atom. The molecule has 1 unspecified atom stereocenters. The van der Waals surface area contributed by atoms with Crippen LogP contribution in [0.3, 0.4) is 0 Å². The Balaban J connectivity index is 1.54. The summed E-state index contributed by atoms with van der Waals surface area (Å²) < 4.78 is 2.41. The van der Waals surface area contributed by atoms with Gasteiger partial charge in [-0.2, -0.15) is 5.10 Å². The van der Waals surface area contributed by atoms with Crippen molar-refractivity contribution in [2.24, 2.45) is 0 Å². The molecule has 0 spiro atoms. The first-order valence-electron chi connectivity index (χ1n) is 9.58. The molecule has 28 heavy (non-hydrogen) atoms. The minimum Gasteiger partial charge on any atom is -0.354 e. The number of hydrogen-bond acceptors (Lipinski definition) is 3. The Kier molecular flexibility index (Phi) is 6.76. The fourth-order valence-electron chi connectivity index (χ4n) is 3.11. The van der Waals surface area contributed by atoms with Gasteiger partial charge in [0.15, 0.2) is 10.6 Å². The monoisotopic (exact) mass is 394 g/mol. The minimum atomic E-state index is 0.0264. The molecule has 1 heterocycles. The molecule has 0 radical (unpaired) electrons. The quantitative estimate of drug-likeness (QED) is 0.555. The van der Waals surface area contributed by atoms with Gasteiger partial charge in [-0.25, -0.2) is 0 Å². The molecule has 1 atom stereocenters. The number of benzene rings is 2. The normalized spacial score (nSPS) is 11.9. The molecule has 0 bridgehead atoms. The number of aromatic amines is 1. The van der Waals surface area contributed by atoms with E-state index in [-0.39, 0.29) is 11.9 Å². The van der Waals surface area contributed by atoms with Gasteiger partial charge < -0.3 is 5.32 Å². The molecule has 1 amide bonds. The lowest BCUT2D eigenvalue weighted by Gasteiger charge is -2.14. The zero-order valence-electron chi connectivity index (χ0n) is 16.3. The lowest BCUT2D eigenvalue weighted by molar-refractivity contribution is -0.121. The van der Waals surface area contributed by atoms with Gasteiger partial charge in [-0.05, 0) is 44.5 Å². The van der Waals surface area contributed by atoms with E-state index in [1.807, 2.05) is 60.9 Å². The molecular weight excluding hydrogens is 368 g/mol. The maximum Gasteiger partial charge on any atom is 0.222 e. The zero-order chi connectivity index (χ0) is 19.9. The second-order valence-corrected chi connectivity index (χ2v) is 7.50. The minimum absolute atomic E-state index is 0.0264. The van der Waals surface area contributed by atoms with Crippen LogP contribution < -0.4 is 5.32 Å². The van der Waals surface area contributed by atoms with Crippen molar-refractivity contribution in [3.63, 3.8) is 0 Å². The molecule has 1 aromatic heterocycles. The third-order valence-corrected chi connectivity index (χ3v) is 5.06. The van der Waals surface area contributed by atoms with Crippen LogP contribution in [0.1, 0.15) is 30.9 Å². The Bertz CT molecular complexity index is 960. The van der Waals surface area contributed by atoms with Crippen molar-refractivity contribution in [3.05, 3.63) is 70.5 Å². The summed E-state index contributed by atoms with van der Waals surface area (Å²) in [6, 6.07) is 18.6. The van der Waals surface area contributed by atoms with Crippen molar-refractivity contribution < 1.29 is 4.79 Å². The van der Waals surface area contributed by atoms with E-state index in [0.29, 0.717) is 17.7 Å². The highest BCUT2D eigenvalue weighted by Crippen LogP contribution is 2.18. The number of carbonyl (C=O) groups is 1. The van der Waals surface area contributed by atoms with E-state index in [9.17, 15) is 4.79 Å². The van der Waals surface area contributed by atoms with Crippen LogP contribution in [-0.2, 0) is 17.8 Å². The lowest BCUT2D eigenvalue weighted by atomic mass is 10.1. The maximum atomic E-state index is 12.4. The van der Waals surface area contributed by atoms with Gasteiger partial charge in [-0.15, -0.1) is 0 Å². The van der Waals surface area contributed by atoms with Crippen molar-refractivity contribution in [2.75, 3.05) is 0 Å². The molecule has 0 saturated heterocycles. The third-order valence-electron chi connectivity index (χ3n) is 4.75. The fourth-order valence-corrected chi connectivity index (χ4v) is 3.33. The molecule has 5 nitrogen and oxygen atoms in total. The molecule has 3 rings (SSSR count). The molecular formula is C22H26N4OS. The number of hydrogen-bond donors (Lipinski definition) is 2. The Hall–Kier alpha value is -2.73. The first-order chi connectivity index (χ1) is 13.5. The topological polar surface area (TPSA) is 62.7 Å². The standard InChI is InChI=1S/C22H26N4OS/c1-16-8-12-19(13-9-16)21-24-25-22(28)26(21)15-14-20(27)23-17(2)10-11-18-6-4-3-5-7-18/h3-9,12-13,17H,10-11,14-15H2,1-2H3,(H,23,27)(H,25,28). The van der Waals surface area contributed by atoms with Gasteiger partial charge in [0.2, 0.25) is 5.91 Å². The van der Waals surface area contributed by atoms with Crippen LogP contribution in [0.4, 0.5) is 0 Å². The predicted molar refractivity (Wildman–Crippen MR) is 115 cm³/mol. The molecule has 0 fully saturated rings. The first-order valence-corrected chi connectivity index (χ1v) is 9.99. The lowest BCUT2D eigenvalue weighted by Crippen LogP contribution is -2.33. The Labute approximate surface area is 170 Å². The van der Waals surface area contributed by atoms with E-state index in [2.05, 4.69) is 27.6 Å². The van der Waals surface area contributed by atoms with E-state index >= 15 is 0 Å². The van der Waals surface area contributed by atoms with E-state index < -0.39 is 0 Å². The smallest absolute Gasteiger partial charge is 0.222 e. The number of amides is 1. The van der Waals surface area contributed by atoms with Gasteiger partial charge in [0.05, 0.1) is 0 Å². The molecule has 2 N–H and O–H groups in total. The summed E-state index contributed by atoms with van der Waals surface area (Å²) in [5.74, 6) is 0.786. The van der Waals surface area contributed by atoms with Crippen LogP contribution in [0.2, 0.25) is 0 Å². The summed E-state index contributed by atoms with van der Waals surface area (Å²) in [7, 11) is 0. The average Bonchev–Trinajstić information content (AvgIpc) is 3.06. The number of nitrogens with zero attached hydrogens (tertiary/aromatic N) is 2. The van der Waals surface area contributed by atoms with Crippen LogP contribution in [-0.4, -0.2) is 26.7 Å². The van der Waals surface area contributed by atoms with Crippen molar-refractivity contribution in [2.45, 2.75) is 45.7 Å². The molecule has 6 heteroatoms. The zero-order valence-corrected chi connectivity index (χ0v) is 17.1. The van der Waals surface area contributed by atoms with Crippen LogP contribution in [0.15, 0.2) is 54.6 Å². The second-order valence-electron chi connectivity index (χ2n) is 7.11. The summed E-state index contributed by atoms with van der Waals surface area (Å²) in [5.41, 5.74) is 3.46. The number of aromatic nitrogens is 3. The van der Waals surface area contributed by atoms with E-state index in [4.69, 9.17) is 12.2 Å². The molecule has 0 aliphatic heterocycles. The molecule has 3 aromatic rings. The van der Waals surface area contributed by atoms with Crippen LogP contribution in [0.25, 0.3) is 11.4 Å². The molecule has 0 aliphatic rings. The second kappa shape index (κ2) is 9.46. The Morgan fingerprint density at radius 3 is 2.61 bits per heavy atom. The average molecular weight is 395 g/mol. The molecule has 0 saturated carbocycles. The van der Waals surface area contributed by atoms with Gasteiger partial charge in [0, 0.05) is 24.6 Å². The summed E-state index contributed by atoms with van der Waals surface area (Å²) in [5, 5.41) is 10.3. The van der Waals surface area contributed by atoms with Crippen molar-refractivity contribution in [3.8, 4) is 11.4 Å². The van der Waals surface area contributed by atoms with Gasteiger partial charge in [0.25, 0.3) is 0 Å². The summed E-state index contributed by atoms with van der Waals surface area (Å²) in [4.78, 5) is 12.4. The van der Waals surface area contributed by atoms with Crippen molar-refractivity contribution in [1.82, 2.24) is 20.1 Å². The van der Waals surface area contributed by atoms with Crippen molar-refractivity contribution in [1.29, 1.82) is 0 Å². The predicted octanol–water partition coefficient (Wildman–Crippen LogP) is 4.44. The van der Waals surface area contributed by atoms with E-state index in [1.165, 1.54) is 11.1 Å². The highest BCUT2D eigenvalue weighted by atomic mass is 32.1. The van der Waals surface area contributed by atoms with Crippen LogP contribution in [0, 0.1) is 11.7 Å². The number of rotatable bonds is 8. The molecule has 2 aromatic carbocycles. The maximum absolute atomic E-state index is 12.4. The number of aryl methyl sites for hydroxylation is 2. The van der Waals surface area contributed by atoms with Gasteiger partial charge in [-0.1, -0.05) is 60.2 Å². The number of H-pyrrole nitrogens is 1.